The van der Waals surface area contributed by atoms with Crippen LogP contribution < -0.4 is 21.7 Å². The Balaban J connectivity index is 2.83. The minimum absolute atomic E-state index is 0.0398. The quantitative estimate of drug-likeness (QED) is 0.476. The fourth-order valence-corrected chi connectivity index (χ4v) is 1.25. The number of aromatic amines is 1. The molecule has 5 N–H and O–H groups in total. The highest BCUT2D eigenvalue weighted by Gasteiger charge is 2.15. The van der Waals surface area contributed by atoms with E-state index < -0.39 is 35.7 Å². The Hall–Kier alpha value is -2.78. The Morgan fingerprint density at radius 1 is 1.58 bits per heavy atom. The van der Waals surface area contributed by atoms with Gasteiger partial charge in [-0.05, 0) is 6.92 Å². The number of rotatable bonds is 4. The Morgan fingerprint density at radius 3 is 2.68 bits per heavy atom. The molecule has 1 heterocycles. The SMILES string of the molecule is CCN(CC(=O)Nc1c(O)nc(N)[nH]c1=O)C(=O)[O-]. The third-order valence-electron chi connectivity index (χ3n) is 2.16. The van der Waals surface area contributed by atoms with E-state index in [2.05, 4.69) is 9.97 Å². The molecule has 1 aromatic heterocycles. The van der Waals surface area contributed by atoms with Gasteiger partial charge in [-0.3, -0.25) is 14.6 Å². The summed E-state index contributed by atoms with van der Waals surface area (Å²) in [6, 6.07) is 0. The number of hydrogen-bond acceptors (Lipinski definition) is 7. The van der Waals surface area contributed by atoms with Gasteiger partial charge in [0, 0.05) is 6.54 Å². The highest BCUT2D eigenvalue weighted by Crippen LogP contribution is 2.14. The van der Waals surface area contributed by atoms with Gasteiger partial charge in [0.15, 0.2) is 5.69 Å². The number of carboxylic acid groups (broad SMARTS) is 1. The van der Waals surface area contributed by atoms with E-state index in [0.29, 0.717) is 4.90 Å². The molecule has 0 fully saturated rings. The summed E-state index contributed by atoms with van der Waals surface area (Å²) in [6.07, 6.45) is -1.52. The van der Waals surface area contributed by atoms with E-state index in [4.69, 9.17) is 5.73 Å². The number of carbonyl (C=O) groups excluding carboxylic acids is 2. The summed E-state index contributed by atoms with van der Waals surface area (Å²) in [6.45, 7) is 1.01. The van der Waals surface area contributed by atoms with Gasteiger partial charge in [-0.15, -0.1) is 0 Å². The number of anilines is 2. The van der Waals surface area contributed by atoms with Crippen LogP contribution in [0, 0.1) is 0 Å². The third-order valence-corrected chi connectivity index (χ3v) is 2.16. The van der Waals surface area contributed by atoms with Crippen LogP contribution in [0.4, 0.5) is 16.4 Å². The van der Waals surface area contributed by atoms with Crippen molar-refractivity contribution in [3.05, 3.63) is 10.4 Å². The lowest BCUT2D eigenvalue weighted by molar-refractivity contribution is -0.265. The highest BCUT2D eigenvalue weighted by atomic mass is 16.4. The number of nitrogens with two attached hydrogens (primary N) is 1. The average Bonchev–Trinajstić information content (AvgIpc) is 2.30. The van der Waals surface area contributed by atoms with Crippen molar-refractivity contribution < 1.29 is 19.8 Å². The number of nitrogens with one attached hydrogen (secondary N) is 2. The molecule has 1 aromatic rings. The van der Waals surface area contributed by atoms with Crippen molar-refractivity contribution in [1.29, 1.82) is 0 Å². The highest BCUT2D eigenvalue weighted by molar-refractivity contribution is 5.94. The fourth-order valence-electron chi connectivity index (χ4n) is 1.25. The zero-order valence-corrected chi connectivity index (χ0v) is 9.97. The predicted molar refractivity (Wildman–Crippen MR) is 62.2 cm³/mol. The number of aromatic hydroxyl groups is 1. The zero-order chi connectivity index (χ0) is 14.6. The molecular formula is C9H12N5O5-. The summed E-state index contributed by atoms with van der Waals surface area (Å²) >= 11 is 0. The molecule has 0 aromatic carbocycles. The molecule has 0 radical (unpaired) electrons. The van der Waals surface area contributed by atoms with Crippen molar-refractivity contribution in [2.75, 3.05) is 24.1 Å². The zero-order valence-electron chi connectivity index (χ0n) is 9.97. The normalized spacial score (nSPS) is 9.95. The first kappa shape index (κ1) is 14.3. The van der Waals surface area contributed by atoms with E-state index in [1.54, 1.807) is 0 Å². The first-order valence-corrected chi connectivity index (χ1v) is 5.19. The largest absolute Gasteiger partial charge is 0.530 e. The van der Waals surface area contributed by atoms with Gasteiger partial charge in [-0.1, -0.05) is 0 Å². The van der Waals surface area contributed by atoms with Crippen LogP contribution in [-0.4, -0.2) is 45.1 Å². The van der Waals surface area contributed by atoms with E-state index in [1.165, 1.54) is 6.92 Å². The van der Waals surface area contributed by atoms with Crippen molar-refractivity contribution >= 4 is 23.6 Å². The van der Waals surface area contributed by atoms with Gasteiger partial charge in [0.1, 0.15) is 6.09 Å². The number of hydrogen-bond donors (Lipinski definition) is 4. The van der Waals surface area contributed by atoms with Crippen LogP contribution in [0.25, 0.3) is 0 Å². The summed E-state index contributed by atoms with van der Waals surface area (Å²) < 4.78 is 0. The monoisotopic (exact) mass is 270 g/mol. The van der Waals surface area contributed by atoms with Crippen molar-refractivity contribution in [1.82, 2.24) is 14.9 Å². The lowest BCUT2D eigenvalue weighted by atomic mass is 10.4. The second-order valence-corrected chi connectivity index (χ2v) is 3.48. The summed E-state index contributed by atoms with van der Waals surface area (Å²) in [5.74, 6) is -1.89. The van der Waals surface area contributed by atoms with Crippen molar-refractivity contribution in [3.63, 3.8) is 0 Å². The summed E-state index contributed by atoms with van der Waals surface area (Å²) in [4.78, 5) is 39.6. The number of amides is 2. The minimum atomic E-state index is -1.52. The first-order chi connectivity index (χ1) is 8.85. The van der Waals surface area contributed by atoms with Gasteiger partial charge in [0.25, 0.3) is 5.56 Å². The topological polar surface area (TPSA) is 164 Å². The molecule has 10 heteroatoms. The molecule has 0 aliphatic heterocycles. The van der Waals surface area contributed by atoms with Crippen molar-refractivity contribution in [2.24, 2.45) is 0 Å². The maximum atomic E-state index is 11.5. The molecule has 1 rings (SSSR count). The van der Waals surface area contributed by atoms with Gasteiger partial charge in [-0.2, -0.15) is 4.98 Å². The van der Waals surface area contributed by atoms with E-state index in [9.17, 15) is 24.6 Å². The van der Waals surface area contributed by atoms with Gasteiger partial charge in [0.05, 0.1) is 6.54 Å². The summed E-state index contributed by atoms with van der Waals surface area (Å²) in [5.41, 5.74) is 3.81. The predicted octanol–water partition coefficient (Wildman–Crippen LogP) is -2.34. The van der Waals surface area contributed by atoms with Crippen LogP contribution in [0.5, 0.6) is 5.88 Å². The Morgan fingerprint density at radius 2 is 2.21 bits per heavy atom. The molecule has 19 heavy (non-hydrogen) atoms. The van der Waals surface area contributed by atoms with Gasteiger partial charge in [0.2, 0.25) is 17.7 Å². The lowest BCUT2D eigenvalue weighted by Crippen LogP contribution is -2.45. The van der Waals surface area contributed by atoms with E-state index >= 15 is 0 Å². The molecule has 10 nitrogen and oxygen atoms in total. The van der Waals surface area contributed by atoms with Crippen LogP contribution in [-0.2, 0) is 4.79 Å². The summed E-state index contributed by atoms with van der Waals surface area (Å²) in [5, 5.41) is 22.0. The number of H-pyrrole nitrogens is 1. The number of nitrogen functional groups attached to an aromatic ring is 1. The molecule has 0 saturated heterocycles. The van der Waals surface area contributed by atoms with E-state index in [-0.39, 0.29) is 12.5 Å². The Labute approximate surface area is 106 Å². The third kappa shape index (κ3) is 3.59. The van der Waals surface area contributed by atoms with E-state index in [1.807, 2.05) is 5.32 Å². The maximum absolute atomic E-state index is 11.5. The molecule has 0 unspecified atom stereocenters. The number of aromatic nitrogens is 2. The molecule has 104 valence electrons. The van der Waals surface area contributed by atoms with Gasteiger partial charge >= 0.3 is 0 Å². The van der Waals surface area contributed by atoms with Crippen LogP contribution in [0.1, 0.15) is 6.92 Å². The van der Waals surface area contributed by atoms with Crippen LogP contribution in [0.3, 0.4) is 0 Å². The Bertz CT molecular complexity index is 554. The van der Waals surface area contributed by atoms with Crippen LogP contribution in [0.15, 0.2) is 4.79 Å². The maximum Gasteiger partial charge on any atom is 0.280 e. The minimum Gasteiger partial charge on any atom is -0.530 e. The number of carbonyl (C=O) groups is 2. The number of likely N-dealkylation sites (N-methyl/N-ethyl adjacent to an activating group) is 1. The second kappa shape index (κ2) is 5.71. The van der Waals surface area contributed by atoms with Gasteiger partial charge in [-0.25, -0.2) is 0 Å². The molecule has 0 aliphatic rings. The van der Waals surface area contributed by atoms with Gasteiger partial charge < -0.3 is 31.0 Å². The standard InChI is InChI=1S/C9H13N5O5/c1-2-14(9(18)19)3-4(15)11-5-6(16)12-8(10)13-7(5)17/h2-3H2,1H3,(H,11,15)(H,18,19)(H4,10,12,13,16,17)/p-1. The molecule has 0 saturated carbocycles. The fraction of sp³-hybridized carbons (Fsp3) is 0.333. The van der Waals surface area contributed by atoms with Crippen LogP contribution >= 0.6 is 0 Å². The molecule has 2 amide bonds. The second-order valence-electron chi connectivity index (χ2n) is 3.48. The van der Waals surface area contributed by atoms with Crippen molar-refractivity contribution in [3.8, 4) is 5.88 Å². The smallest absolute Gasteiger partial charge is 0.280 e. The summed E-state index contributed by atoms with van der Waals surface area (Å²) in [7, 11) is 0. The average molecular weight is 270 g/mol. The molecule has 0 atom stereocenters. The van der Waals surface area contributed by atoms with Crippen molar-refractivity contribution in [2.45, 2.75) is 6.92 Å². The van der Waals surface area contributed by atoms with Crippen LogP contribution in [0.2, 0.25) is 0 Å². The van der Waals surface area contributed by atoms with E-state index in [0.717, 1.165) is 0 Å². The lowest BCUT2D eigenvalue weighted by Gasteiger charge is -2.22. The molecular weight excluding hydrogens is 258 g/mol. The molecule has 0 spiro atoms. The first-order valence-electron chi connectivity index (χ1n) is 5.19. The molecule has 0 bridgehead atoms. The Kier molecular flexibility index (Phi) is 4.29. The number of nitrogens with zero attached hydrogens (tertiary/aromatic N) is 2. The molecule has 0 aliphatic carbocycles.